The lowest BCUT2D eigenvalue weighted by Crippen LogP contribution is -2.27. The van der Waals surface area contributed by atoms with E-state index in [4.69, 9.17) is 0 Å². The van der Waals surface area contributed by atoms with E-state index in [1.165, 1.54) is 24.3 Å². The van der Waals surface area contributed by atoms with Crippen molar-refractivity contribution in [3.8, 4) is 0 Å². The fourth-order valence-electron chi connectivity index (χ4n) is 1.89. The number of carbonyl (C=O) groups is 2. The molecule has 0 aromatic carbocycles. The Morgan fingerprint density at radius 3 is 2.77 bits per heavy atom. The van der Waals surface area contributed by atoms with Gasteiger partial charge in [0.1, 0.15) is 0 Å². The van der Waals surface area contributed by atoms with E-state index in [2.05, 4.69) is 10.1 Å². The van der Waals surface area contributed by atoms with E-state index in [1.807, 2.05) is 19.2 Å². The third-order valence-corrected chi connectivity index (χ3v) is 3.97. The summed E-state index contributed by atoms with van der Waals surface area (Å²) in [7, 11) is 0. The fraction of sp³-hybridized carbons (Fsp3) is 0.333. The lowest BCUT2D eigenvalue weighted by Gasteiger charge is -2.14. The summed E-state index contributed by atoms with van der Waals surface area (Å²) in [5.41, 5.74) is 1.21. The molecule has 0 fully saturated rings. The summed E-state index contributed by atoms with van der Waals surface area (Å²) >= 11 is 1.38. The number of ketones is 1. The largest absolute Gasteiger partial charge is 0.289 e. The average Bonchev–Trinajstić information content (AvgIpc) is 3.14. The number of aromatic nitrogens is 3. The number of amides is 1. The van der Waals surface area contributed by atoms with Crippen molar-refractivity contribution in [1.29, 1.82) is 0 Å². The molecule has 0 aliphatic rings. The molecule has 2 aromatic rings. The number of allylic oxidation sites excluding steroid dienone is 1. The van der Waals surface area contributed by atoms with E-state index < -0.39 is 0 Å². The first-order valence-electron chi connectivity index (χ1n) is 7.03. The van der Waals surface area contributed by atoms with Crippen LogP contribution in [-0.2, 0) is 11.3 Å². The second kappa shape index (κ2) is 7.13. The minimum absolute atomic E-state index is 0.0459. The number of aryl methyl sites for hydroxylation is 1. The SMILES string of the molecule is CCN(C(C)=O)c1nc(C=CC(=O)c2cnn(CC)c2)cs1. The molecule has 2 aromatic heterocycles. The first kappa shape index (κ1) is 16.1. The highest BCUT2D eigenvalue weighted by atomic mass is 32.1. The highest BCUT2D eigenvalue weighted by molar-refractivity contribution is 7.14. The predicted octanol–water partition coefficient (Wildman–Crippen LogP) is 2.63. The maximum absolute atomic E-state index is 12.0. The zero-order chi connectivity index (χ0) is 16.1. The zero-order valence-corrected chi connectivity index (χ0v) is 13.6. The Hall–Kier alpha value is -2.28. The molecule has 0 spiro atoms. The molecule has 0 aliphatic heterocycles. The van der Waals surface area contributed by atoms with Crippen molar-refractivity contribution in [2.45, 2.75) is 27.3 Å². The van der Waals surface area contributed by atoms with Crippen LogP contribution in [0.25, 0.3) is 6.08 Å². The Morgan fingerprint density at radius 2 is 2.18 bits per heavy atom. The molecule has 0 aliphatic carbocycles. The van der Waals surface area contributed by atoms with E-state index in [0.717, 1.165) is 6.54 Å². The van der Waals surface area contributed by atoms with E-state index in [9.17, 15) is 9.59 Å². The van der Waals surface area contributed by atoms with Crippen LogP contribution >= 0.6 is 11.3 Å². The first-order chi connectivity index (χ1) is 10.5. The van der Waals surface area contributed by atoms with Crippen molar-refractivity contribution in [2.24, 2.45) is 0 Å². The number of hydrogen-bond acceptors (Lipinski definition) is 5. The Bertz CT molecular complexity index is 702. The van der Waals surface area contributed by atoms with Gasteiger partial charge < -0.3 is 0 Å². The van der Waals surface area contributed by atoms with Gasteiger partial charge in [-0.05, 0) is 26.0 Å². The van der Waals surface area contributed by atoms with Gasteiger partial charge in [-0.1, -0.05) is 0 Å². The van der Waals surface area contributed by atoms with Crippen LogP contribution in [0.4, 0.5) is 5.13 Å². The van der Waals surface area contributed by atoms with Crippen molar-refractivity contribution in [3.63, 3.8) is 0 Å². The highest BCUT2D eigenvalue weighted by Gasteiger charge is 2.12. The van der Waals surface area contributed by atoms with E-state index >= 15 is 0 Å². The Kier molecular flexibility index (Phi) is 5.21. The molecule has 22 heavy (non-hydrogen) atoms. The first-order valence-corrected chi connectivity index (χ1v) is 7.91. The molecule has 1 amide bonds. The quantitative estimate of drug-likeness (QED) is 0.606. The van der Waals surface area contributed by atoms with Gasteiger partial charge in [0.2, 0.25) is 5.91 Å². The number of hydrogen-bond donors (Lipinski definition) is 0. The highest BCUT2D eigenvalue weighted by Crippen LogP contribution is 2.21. The van der Waals surface area contributed by atoms with Crippen molar-refractivity contribution < 1.29 is 9.59 Å². The van der Waals surface area contributed by atoms with E-state index in [-0.39, 0.29) is 11.7 Å². The molecule has 2 heterocycles. The van der Waals surface area contributed by atoms with E-state index in [1.54, 1.807) is 28.1 Å². The third kappa shape index (κ3) is 3.67. The van der Waals surface area contributed by atoms with Crippen LogP contribution in [0.15, 0.2) is 23.8 Å². The molecule has 0 atom stereocenters. The smallest absolute Gasteiger partial charge is 0.225 e. The summed E-state index contributed by atoms with van der Waals surface area (Å²) in [5.74, 6) is -0.163. The topological polar surface area (TPSA) is 68.1 Å². The molecule has 0 saturated heterocycles. The molecule has 6 nitrogen and oxygen atoms in total. The molecule has 0 saturated carbocycles. The standard InChI is InChI=1S/C15H18N4O2S/c1-4-18-9-12(8-16-18)14(21)7-6-13-10-22-15(17-13)19(5-2)11(3)20/h6-10H,4-5H2,1-3H3. The van der Waals surface area contributed by atoms with Crippen molar-refractivity contribution >= 4 is 34.2 Å². The Balaban J connectivity index is 2.08. The lowest BCUT2D eigenvalue weighted by atomic mass is 10.2. The second-order valence-electron chi connectivity index (χ2n) is 4.60. The molecule has 0 unspecified atom stereocenters. The predicted molar refractivity (Wildman–Crippen MR) is 87.1 cm³/mol. The molecule has 2 rings (SSSR count). The summed E-state index contributed by atoms with van der Waals surface area (Å²) in [6.45, 7) is 6.66. The third-order valence-electron chi connectivity index (χ3n) is 3.08. The summed E-state index contributed by atoms with van der Waals surface area (Å²) in [5, 5.41) is 6.53. The maximum Gasteiger partial charge on any atom is 0.225 e. The lowest BCUT2D eigenvalue weighted by molar-refractivity contribution is -0.116. The maximum atomic E-state index is 12.0. The molecular weight excluding hydrogens is 300 g/mol. The molecule has 0 radical (unpaired) electrons. The van der Waals surface area contributed by atoms with Gasteiger partial charge in [-0.15, -0.1) is 11.3 Å². The monoisotopic (exact) mass is 318 g/mol. The zero-order valence-electron chi connectivity index (χ0n) is 12.8. The molecular formula is C15H18N4O2S. The second-order valence-corrected chi connectivity index (χ2v) is 5.44. The molecule has 116 valence electrons. The van der Waals surface area contributed by atoms with Crippen LogP contribution in [0.3, 0.4) is 0 Å². The number of anilines is 1. The summed E-state index contributed by atoms with van der Waals surface area (Å²) in [4.78, 5) is 29.4. The summed E-state index contributed by atoms with van der Waals surface area (Å²) < 4.78 is 1.70. The normalized spacial score (nSPS) is 11.0. The van der Waals surface area contributed by atoms with Crippen LogP contribution in [-0.4, -0.2) is 33.0 Å². The van der Waals surface area contributed by atoms with Gasteiger partial charge in [0.25, 0.3) is 0 Å². The van der Waals surface area contributed by atoms with Crippen LogP contribution in [0.2, 0.25) is 0 Å². The van der Waals surface area contributed by atoms with Crippen LogP contribution in [0.1, 0.15) is 36.8 Å². The Morgan fingerprint density at radius 1 is 1.41 bits per heavy atom. The van der Waals surface area contributed by atoms with Crippen molar-refractivity contribution in [2.75, 3.05) is 11.4 Å². The number of rotatable bonds is 6. The van der Waals surface area contributed by atoms with Gasteiger partial charge >= 0.3 is 0 Å². The van der Waals surface area contributed by atoms with Gasteiger partial charge in [-0.25, -0.2) is 4.98 Å². The van der Waals surface area contributed by atoms with Gasteiger partial charge in [-0.3, -0.25) is 19.2 Å². The summed E-state index contributed by atoms with van der Waals surface area (Å²) in [6.07, 6.45) is 6.39. The van der Waals surface area contributed by atoms with Gasteiger partial charge in [0.05, 0.1) is 17.5 Å². The summed E-state index contributed by atoms with van der Waals surface area (Å²) in [6, 6.07) is 0. The number of carbonyl (C=O) groups excluding carboxylic acids is 2. The van der Waals surface area contributed by atoms with Crippen LogP contribution in [0, 0.1) is 0 Å². The van der Waals surface area contributed by atoms with Crippen LogP contribution < -0.4 is 4.90 Å². The molecule has 0 bridgehead atoms. The van der Waals surface area contributed by atoms with Gasteiger partial charge in [-0.2, -0.15) is 5.10 Å². The minimum Gasteiger partial charge on any atom is -0.289 e. The van der Waals surface area contributed by atoms with Crippen molar-refractivity contribution in [3.05, 3.63) is 35.1 Å². The van der Waals surface area contributed by atoms with Gasteiger partial charge in [0, 0.05) is 31.6 Å². The molecule has 0 N–H and O–H groups in total. The van der Waals surface area contributed by atoms with Crippen molar-refractivity contribution in [1.82, 2.24) is 14.8 Å². The minimum atomic E-state index is -0.117. The van der Waals surface area contributed by atoms with E-state index in [0.29, 0.717) is 22.9 Å². The fourth-order valence-corrected chi connectivity index (χ4v) is 2.79. The molecule has 7 heteroatoms. The number of nitrogens with zero attached hydrogens (tertiary/aromatic N) is 4. The Labute approximate surface area is 133 Å². The van der Waals surface area contributed by atoms with Crippen LogP contribution in [0.5, 0.6) is 0 Å². The van der Waals surface area contributed by atoms with Gasteiger partial charge in [0.15, 0.2) is 10.9 Å². The number of thiazole rings is 1. The average molecular weight is 318 g/mol.